The predicted octanol–water partition coefficient (Wildman–Crippen LogP) is 3.94. The number of hydrogen-bond acceptors (Lipinski definition) is 5. The first-order valence-electron chi connectivity index (χ1n) is 8.42. The summed E-state index contributed by atoms with van der Waals surface area (Å²) in [4.78, 5) is 0.0823. The molecule has 0 saturated heterocycles. The number of hydrogen-bond donors (Lipinski definition) is 1. The van der Waals surface area contributed by atoms with E-state index in [-0.39, 0.29) is 4.90 Å². The maximum Gasteiger partial charge on any atom is 0.261 e. The molecule has 0 amide bonds. The molecule has 0 unspecified atom stereocenters. The summed E-state index contributed by atoms with van der Waals surface area (Å²) in [6.07, 6.45) is 1.69. The Kier molecular flexibility index (Phi) is 6.87. The monoisotopic (exact) mass is 374 g/mol. The molecule has 26 heavy (non-hydrogen) atoms. The van der Waals surface area contributed by atoms with Crippen LogP contribution >= 0.6 is 0 Å². The molecular weight excluding hydrogens is 352 g/mol. The minimum Gasteiger partial charge on any atom is -0.490 e. The average Bonchev–Trinajstić information content (AvgIpc) is 2.65. The van der Waals surface area contributed by atoms with Gasteiger partial charge in [-0.15, -0.1) is 0 Å². The van der Waals surface area contributed by atoms with Gasteiger partial charge in [0.15, 0.2) is 11.5 Å². The van der Waals surface area contributed by atoms with Crippen molar-refractivity contribution in [3.8, 4) is 17.6 Å². The summed E-state index contributed by atoms with van der Waals surface area (Å²) in [5, 5.41) is 8.81. The standard InChI is InChI=1S/C19H22N2O4S/c1-3-11-24-18-10-7-16(13-19(18)25-12-4-2)21-26(22,23)17-8-5-15(14-20)6-9-17/h5-10,13,21H,3-4,11-12H2,1-2H3. The minimum atomic E-state index is -3.76. The number of benzene rings is 2. The van der Waals surface area contributed by atoms with Crippen molar-refractivity contribution in [3.05, 3.63) is 48.0 Å². The molecule has 0 atom stereocenters. The van der Waals surface area contributed by atoms with Gasteiger partial charge in [0.25, 0.3) is 10.0 Å². The molecule has 138 valence electrons. The second-order valence-electron chi connectivity index (χ2n) is 5.60. The van der Waals surface area contributed by atoms with Crippen LogP contribution in [0.4, 0.5) is 5.69 Å². The second-order valence-corrected chi connectivity index (χ2v) is 7.28. The number of ether oxygens (including phenoxy) is 2. The van der Waals surface area contributed by atoms with Crippen LogP contribution in [0.1, 0.15) is 32.3 Å². The van der Waals surface area contributed by atoms with E-state index in [2.05, 4.69) is 4.72 Å². The summed E-state index contributed by atoms with van der Waals surface area (Å²) in [5.41, 5.74) is 0.779. The quantitative estimate of drug-likeness (QED) is 0.718. The average molecular weight is 374 g/mol. The van der Waals surface area contributed by atoms with Gasteiger partial charge in [-0.3, -0.25) is 4.72 Å². The van der Waals surface area contributed by atoms with Gasteiger partial charge in [0.05, 0.1) is 35.4 Å². The summed E-state index contributed by atoms with van der Waals surface area (Å²) in [6, 6.07) is 12.6. The van der Waals surface area contributed by atoms with Crippen LogP contribution in [0, 0.1) is 11.3 Å². The van der Waals surface area contributed by atoms with Gasteiger partial charge in [-0.1, -0.05) is 13.8 Å². The largest absolute Gasteiger partial charge is 0.490 e. The SMILES string of the molecule is CCCOc1ccc(NS(=O)(=O)c2ccc(C#N)cc2)cc1OCCC. The molecule has 0 saturated carbocycles. The molecule has 1 N–H and O–H groups in total. The Balaban J connectivity index is 2.25. The number of rotatable bonds is 9. The number of nitrogens with one attached hydrogen (secondary N) is 1. The molecule has 0 aromatic heterocycles. The van der Waals surface area contributed by atoms with Crippen LogP contribution in [0.25, 0.3) is 0 Å². The number of anilines is 1. The molecule has 0 bridgehead atoms. The van der Waals surface area contributed by atoms with Crippen LogP contribution in [-0.2, 0) is 10.0 Å². The fraction of sp³-hybridized carbons (Fsp3) is 0.316. The minimum absolute atomic E-state index is 0.0823. The zero-order valence-electron chi connectivity index (χ0n) is 14.9. The van der Waals surface area contributed by atoms with Crippen LogP contribution in [0.2, 0.25) is 0 Å². The lowest BCUT2D eigenvalue weighted by molar-refractivity contribution is 0.268. The first kappa shape index (κ1) is 19.6. The second kappa shape index (κ2) is 9.11. The summed E-state index contributed by atoms with van der Waals surface area (Å²) in [6.45, 7) is 5.06. The van der Waals surface area contributed by atoms with Crippen molar-refractivity contribution in [2.75, 3.05) is 17.9 Å². The lowest BCUT2D eigenvalue weighted by atomic mass is 10.2. The van der Waals surface area contributed by atoms with Gasteiger partial charge in [0, 0.05) is 6.07 Å². The van der Waals surface area contributed by atoms with E-state index in [0.717, 1.165) is 12.8 Å². The summed E-state index contributed by atoms with van der Waals surface area (Å²) in [7, 11) is -3.76. The van der Waals surface area contributed by atoms with Crippen molar-refractivity contribution in [2.45, 2.75) is 31.6 Å². The van der Waals surface area contributed by atoms with Gasteiger partial charge in [-0.05, 0) is 49.2 Å². The van der Waals surface area contributed by atoms with E-state index in [1.165, 1.54) is 24.3 Å². The summed E-state index contributed by atoms with van der Waals surface area (Å²) < 4.78 is 38.9. The molecule has 7 heteroatoms. The number of nitrogens with zero attached hydrogens (tertiary/aromatic N) is 1. The lowest BCUT2D eigenvalue weighted by Crippen LogP contribution is -2.13. The molecule has 2 aromatic rings. The maximum absolute atomic E-state index is 12.5. The van der Waals surface area contributed by atoms with E-state index in [0.29, 0.717) is 36.0 Å². The summed E-state index contributed by atoms with van der Waals surface area (Å²) >= 11 is 0. The molecule has 0 heterocycles. The van der Waals surface area contributed by atoms with Gasteiger partial charge in [0.1, 0.15) is 0 Å². The highest BCUT2D eigenvalue weighted by molar-refractivity contribution is 7.92. The van der Waals surface area contributed by atoms with Crippen LogP contribution in [-0.4, -0.2) is 21.6 Å². The smallest absolute Gasteiger partial charge is 0.261 e. The zero-order valence-corrected chi connectivity index (χ0v) is 15.7. The third-order valence-corrected chi connectivity index (χ3v) is 4.81. The Morgan fingerprint density at radius 3 is 2.15 bits per heavy atom. The highest BCUT2D eigenvalue weighted by atomic mass is 32.2. The molecule has 0 radical (unpaired) electrons. The molecule has 6 nitrogen and oxygen atoms in total. The Hall–Kier alpha value is -2.72. The highest BCUT2D eigenvalue weighted by Gasteiger charge is 2.16. The van der Waals surface area contributed by atoms with E-state index < -0.39 is 10.0 Å². The van der Waals surface area contributed by atoms with Crippen molar-refractivity contribution in [3.63, 3.8) is 0 Å². The van der Waals surface area contributed by atoms with Crippen molar-refractivity contribution in [1.29, 1.82) is 5.26 Å². The molecule has 0 aliphatic heterocycles. The molecular formula is C19H22N2O4S. The zero-order chi connectivity index (χ0) is 19.0. The van der Waals surface area contributed by atoms with E-state index >= 15 is 0 Å². The Bertz CT molecular complexity index is 871. The van der Waals surface area contributed by atoms with E-state index in [1.54, 1.807) is 18.2 Å². The molecule has 0 aliphatic carbocycles. The third kappa shape index (κ3) is 5.14. The fourth-order valence-electron chi connectivity index (χ4n) is 2.15. The summed E-state index contributed by atoms with van der Waals surface area (Å²) in [5.74, 6) is 1.09. The van der Waals surface area contributed by atoms with Crippen LogP contribution < -0.4 is 14.2 Å². The molecule has 2 rings (SSSR count). The Morgan fingerprint density at radius 1 is 0.962 bits per heavy atom. The van der Waals surface area contributed by atoms with Gasteiger partial charge in [-0.25, -0.2) is 8.42 Å². The van der Waals surface area contributed by atoms with Crippen molar-refractivity contribution >= 4 is 15.7 Å². The van der Waals surface area contributed by atoms with E-state index in [9.17, 15) is 8.42 Å². The number of sulfonamides is 1. The van der Waals surface area contributed by atoms with Gasteiger partial charge >= 0.3 is 0 Å². The highest BCUT2D eigenvalue weighted by Crippen LogP contribution is 2.32. The Labute approximate surface area is 154 Å². The van der Waals surface area contributed by atoms with Gasteiger partial charge < -0.3 is 9.47 Å². The van der Waals surface area contributed by atoms with Crippen LogP contribution in [0.3, 0.4) is 0 Å². The fourth-order valence-corrected chi connectivity index (χ4v) is 3.20. The molecule has 0 spiro atoms. The third-order valence-electron chi connectivity index (χ3n) is 3.41. The predicted molar refractivity (Wildman–Crippen MR) is 100.0 cm³/mol. The topological polar surface area (TPSA) is 88.4 Å². The van der Waals surface area contributed by atoms with E-state index in [4.69, 9.17) is 14.7 Å². The van der Waals surface area contributed by atoms with Crippen molar-refractivity contribution in [1.82, 2.24) is 0 Å². The van der Waals surface area contributed by atoms with Crippen LogP contribution in [0.5, 0.6) is 11.5 Å². The van der Waals surface area contributed by atoms with Crippen LogP contribution in [0.15, 0.2) is 47.4 Å². The van der Waals surface area contributed by atoms with Gasteiger partial charge in [-0.2, -0.15) is 5.26 Å². The molecule has 0 fully saturated rings. The van der Waals surface area contributed by atoms with Crippen molar-refractivity contribution < 1.29 is 17.9 Å². The normalized spacial score (nSPS) is 10.8. The maximum atomic E-state index is 12.5. The first-order valence-corrected chi connectivity index (χ1v) is 9.91. The Morgan fingerprint density at radius 2 is 1.58 bits per heavy atom. The number of nitriles is 1. The van der Waals surface area contributed by atoms with Crippen molar-refractivity contribution in [2.24, 2.45) is 0 Å². The first-order chi connectivity index (χ1) is 12.5. The van der Waals surface area contributed by atoms with Gasteiger partial charge in [0.2, 0.25) is 0 Å². The molecule has 2 aromatic carbocycles. The molecule has 0 aliphatic rings. The van der Waals surface area contributed by atoms with E-state index in [1.807, 2.05) is 19.9 Å². The lowest BCUT2D eigenvalue weighted by Gasteiger charge is -2.14.